The van der Waals surface area contributed by atoms with E-state index in [9.17, 15) is 10.1 Å². The van der Waals surface area contributed by atoms with Crippen molar-refractivity contribution in [3.05, 3.63) is 62.9 Å². The first kappa shape index (κ1) is 22.1. The average Bonchev–Trinajstić information content (AvgIpc) is 3.22. The maximum Gasteiger partial charge on any atom is 0.249 e. The van der Waals surface area contributed by atoms with Crippen molar-refractivity contribution in [2.75, 3.05) is 12.4 Å². The van der Waals surface area contributed by atoms with Crippen molar-refractivity contribution < 1.29 is 18.8 Å². The molecule has 1 N–H and O–H groups in total. The molecule has 3 rings (SSSR count). The van der Waals surface area contributed by atoms with Gasteiger partial charge < -0.3 is 19.3 Å². The van der Waals surface area contributed by atoms with Crippen molar-refractivity contribution in [1.82, 2.24) is 5.16 Å². The maximum absolute atomic E-state index is 12.3. The summed E-state index contributed by atoms with van der Waals surface area (Å²) in [4.78, 5) is 13.3. The average molecular weight is 438 g/mol. The van der Waals surface area contributed by atoms with Gasteiger partial charge >= 0.3 is 0 Å². The zero-order valence-corrected chi connectivity index (χ0v) is 18.8. The Morgan fingerprint density at radius 2 is 2.06 bits per heavy atom. The number of nitrogens with one attached hydrogen (secondary N) is 1. The van der Waals surface area contributed by atoms with E-state index in [1.54, 1.807) is 25.3 Å². The zero-order valence-electron chi connectivity index (χ0n) is 18.0. The molecule has 2 heterocycles. The Morgan fingerprint density at radius 3 is 2.71 bits per heavy atom. The third-order valence-corrected chi connectivity index (χ3v) is 6.02. The minimum atomic E-state index is -0.310. The summed E-state index contributed by atoms with van der Waals surface area (Å²) in [6.07, 6.45) is 3.10. The number of carbonyl (C=O) groups excluding carboxylic acids is 1. The molecule has 0 unspecified atom stereocenters. The van der Waals surface area contributed by atoms with Gasteiger partial charge in [-0.1, -0.05) is 11.2 Å². The lowest BCUT2D eigenvalue weighted by Crippen LogP contribution is -2.07. The molecular weight excluding hydrogens is 414 g/mol. The number of anilines is 1. The fraction of sp³-hybridized carbons (Fsp3) is 0.261. The molecule has 2 aromatic heterocycles. The summed E-state index contributed by atoms with van der Waals surface area (Å²) in [5, 5.41) is 16.6. The Kier molecular flexibility index (Phi) is 6.78. The molecule has 0 aliphatic heterocycles. The first-order valence-corrected chi connectivity index (χ1v) is 10.4. The molecule has 160 valence electrons. The fourth-order valence-electron chi connectivity index (χ4n) is 2.94. The summed E-state index contributed by atoms with van der Waals surface area (Å²) in [5.41, 5.74) is 3.86. The quantitative estimate of drug-likeness (QED) is 0.518. The van der Waals surface area contributed by atoms with Gasteiger partial charge in [0.25, 0.3) is 0 Å². The molecule has 7 nitrogen and oxygen atoms in total. The summed E-state index contributed by atoms with van der Waals surface area (Å²) in [5.74, 6) is 1.53. The van der Waals surface area contributed by atoms with Crippen LogP contribution < -0.4 is 14.8 Å². The topological polar surface area (TPSA) is 97.4 Å². The Bertz CT molecular complexity index is 1160. The van der Waals surface area contributed by atoms with Gasteiger partial charge in [0.15, 0.2) is 11.5 Å². The number of aryl methyl sites for hydroxylation is 3. The van der Waals surface area contributed by atoms with Crippen molar-refractivity contribution in [1.29, 1.82) is 5.26 Å². The van der Waals surface area contributed by atoms with Crippen LogP contribution in [0, 0.1) is 39.0 Å². The summed E-state index contributed by atoms with van der Waals surface area (Å²) in [6.45, 7) is 7.82. The van der Waals surface area contributed by atoms with Gasteiger partial charge in [-0.05, 0) is 57.0 Å². The number of rotatable bonds is 7. The Morgan fingerprint density at radius 1 is 1.29 bits per heavy atom. The van der Waals surface area contributed by atoms with Crippen molar-refractivity contribution in [2.24, 2.45) is 0 Å². The van der Waals surface area contributed by atoms with Gasteiger partial charge in [-0.15, -0.1) is 11.3 Å². The number of aromatic nitrogens is 1. The van der Waals surface area contributed by atoms with Crippen LogP contribution in [0.5, 0.6) is 11.5 Å². The highest BCUT2D eigenvalue weighted by atomic mass is 32.1. The smallest absolute Gasteiger partial charge is 0.249 e. The molecule has 0 aliphatic rings. The lowest BCUT2D eigenvalue weighted by molar-refractivity contribution is -0.111. The number of nitrogens with zero attached hydrogens (tertiary/aromatic N) is 2. The van der Waals surface area contributed by atoms with Crippen LogP contribution in [0.4, 0.5) is 5.00 Å². The molecular formula is C23H23N3O4S. The number of ether oxygens (including phenoxy) is 2. The summed E-state index contributed by atoms with van der Waals surface area (Å²) >= 11 is 1.39. The normalized spacial score (nSPS) is 10.8. The van der Waals surface area contributed by atoms with Gasteiger partial charge in [-0.3, -0.25) is 4.79 Å². The molecule has 1 aromatic carbocycles. The molecule has 8 heteroatoms. The van der Waals surface area contributed by atoms with E-state index in [0.717, 1.165) is 33.0 Å². The van der Waals surface area contributed by atoms with Crippen LogP contribution >= 0.6 is 11.3 Å². The first-order chi connectivity index (χ1) is 14.8. The van der Waals surface area contributed by atoms with E-state index in [2.05, 4.69) is 16.5 Å². The summed E-state index contributed by atoms with van der Waals surface area (Å²) in [7, 11) is 1.56. The number of hydrogen-bond donors (Lipinski definition) is 1. The molecule has 0 saturated heterocycles. The van der Waals surface area contributed by atoms with E-state index in [0.29, 0.717) is 28.7 Å². The highest BCUT2D eigenvalue weighted by molar-refractivity contribution is 7.16. The van der Waals surface area contributed by atoms with Crippen molar-refractivity contribution in [3.63, 3.8) is 0 Å². The number of carbonyl (C=O) groups is 1. The predicted octanol–water partition coefficient (Wildman–Crippen LogP) is 5.08. The van der Waals surface area contributed by atoms with Crippen LogP contribution in [0.25, 0.3) is 6.08 Å². The summed E-state index contributed by atoms with van der Waals surface area (Å²) < 4.78 is 16.5. The van der Waals surface area contributed by atoms with E-state index in [1.165, 1.54) is 17.4 Å². The largest absolute Gasteiger partial charge is 0.493 e. The third kappa shape index (κ3) is 4.95. The van der Waals surface area contributed by atoms with Crippen LogP contribution in [0.3, 0.4) is 0 Å². The lowest BCUT2D eigenvalue weighted by Gasteiger charge is -2.11. The lowest BCUT2D eigenvalue weighted by atomic mass is 10.1. The first-order valence-electron chi connectivity index (χ1n) is 9.55. The second kappa shape index (κ2) is 9.49. The van der Waals surface area contributed by atoms with Crippen LogP contribution in [0.15, 0.2) is 28.8 Å². The predicted molar refractivity (Wildman–Crippen MR) is 119 cm³/mol. The molecule has 0 atom stereocenters. The van der Waals surface area contributed by atoms with Gasteiger partial charge in [0.05, 0.1) is 23.9 Å². The molecule has 0 radical (unpaired) electrons. The molecule has 3 aromatic rings. The van der Waals surface area contributed by atoms with Gasteiger partial charge in [0.2, 0.25) is 5.91 Å². The molecule has 31 heavy (non-hydrogen) atoms. The number of amides is 1. The van der Waals surface area contributed by atoms with E-state index in [1.807, 2.05) is 33.8 Å². The Balaban J connectivity index is 1.69. The number of thiophene rings is 1. The van der Waals surface area contributed by atoms with Gasteiger partial charge in [0.1, 0.15) is 23.4 Å². The van der Waals surface area contributed by atoms with E-state index < -0.39 is 0 Å². The molecule has 0 spiro atoms. The van der Waals surface area contributed by atoms with Crippen LogP contribution in [0.2, 0.25) is 0 Å². The third-order valence-electron chi connectivity index (χ3n) is 4.90. The van der Waals surface area contributed by atoms with Crippen LogP contribution in [-0.2, 0) is 11.4 Å². The standard InChI is InChI=1S/C23H23N3O4S/c1-13-16(4)31-23(18(13)11-24)25-22(27)9-7-17-6-8-20(21(10-17)28-5)29-12-19-14(2)26-30-15(19)3/h6-10H,12H2,1-5H3,(H,25,27)/b9-7+. The number of nitriles is 1. The van der Waals surface area contributed by atoms with Crippen molar-refractivity contribution in [3.8, 4) is 17.6 Å². The minimum Gasteiger partial charge on any atom is -0.493 e. The minimum absolute atomic E-state index is 0.310. The molecule has 0 aliphatic carbocycles. The second-order valence-corrected chi connectivity index (χ2v) is 8.15. The van der Waals surface area contributed by atoms with E-state index in [-0.39, 0.29) is 5.91 Å². The van der Waals surface area contributed by atoms with Crippen LogP contribution in [-0.4, -0.2) is 18.2 Å². The SMILES string of the molecule is COc1cc(/C=C/C(=O)Nc2sc(C)c(C)c2C#N)ccc1OCc1c(C)noc1C. The van der Waals surface area contributed by atoms with Crippen molar-refractivity contribution >= 4 is 28.3 Å². The number of hydrogen-bond acceptors (Lipinski definition) is 7. The highest BCUT2D eigenvalue weighted by Crippen LogP contribution is 2.32. The maximum atomic E-state index is 12.3. The van der Waals surface area contributed by atoms with Gasteiger partial charge in [-0.2, -0.15) is 5.26 Å². The van der Waals surface area contributed by atoms with Crippen LogP contribution in [0.1, 0.15) is 38.6 Å². The number of methoxy groups -OCH3 is 1. The second-order valence-electron chi connectivity index (χ2n) is 6.92. The van der Waals surface area contributed by atoms with Gasteiger partial charge in [0, 0.05) is 11.0 Å². The molecule has 0 fully saturated rings. The molecule has 1 amide bonds. The Hall–Kier alpha value is -3.57. The van der Waals surface area contributed by atoms with Gasteiger partial charge in [-0.25, -0.2) is 0 Å². The summed E-state index contributed by atoms with van der Waals surface area (Å²) in [6, 6.07) is 7.54. The molecule has 0 bridgehead atoms. The fourth-order valence-corrected chi connectivity index (χ4v) is 3.95. The van der Waals surface area contributed by atoms with Crippen molar-refractivity contribution in [2.45, 2.75) is 34.3 Å². The highest BCUT2D eigenvalue weighted by Gasteiger charge is 2.14. The van der Waals surface area contributed by atoms with E-state index in [4.69, 9.17) is 14.0 Å². The molecule has 0 saturated carbocycles. The Labute approximate surface area is 184 Å². The monoisotopic (exact) mass is 437 g/mol. The number of benzene rings is 1. The zero-order chi connectivity index (χ0) is 22.5. The van der Waals surface area contributed by atoms with E-state index >= 15 is 0 Å².